The molecule has 1 aromatic heterocycles. The number of hydrogen-bond donors (Lipinski definition) is 3. The van der Waals surface area contributed by atoms with Crippen LogP contribution in [0.1, 0.15) is 5.56 Å². The summed E-state index contributed by atoms with van der Waals surface area (Å²) in [6.45, 7) is 0. The van der Waals surface area contributed by atoms with Crippen LogP contribution in [0, 0.1) is 0 Å². The summed E-state index contributed by atoms with van der Waals surface area (Å²) < 4.78 is 39.3. The number of benzene rings is 1. The number of primary amides is 1. The summed E-state index contributed by atoms with van der Waals surface area (Å²) in [5.41, 5.74) is 3.05. The van der Waals surface area contributed by atoms with Crippen molar-refractivity contribution in [3.05, 3.63) is 30.1 Å². The number of rotatable bonds is 2. The Bertz CT molecular complexity index is 653. The molecule has 0 aliphatic rings. The SMILES string of the molecule is NC(=O)Nc1cccc(C(F)(F)F)c1-c1nncn1O. The van der Waals surface area contributed by atoms with Crippen molar-refractivity contribution in [3.8, 4) is 11.4 Å². The van der Waals surface area contributed by atoms with Gasteiger partial charge in [-0.2, -0.15) is 17.9 Å². The second-order valence-corrected chi connectivity index (χ2v) is 3.71. The lowest BCUT2D eigenvalue weighted by atomic mass is 10.0. The number of anilines is 1. The quantitative estimate of drug-likeness (QED) is 0.731. The van der Waals surface area contributed by atoms with E-state index in [1.807, 2.05) is 5.32 Å². The van der Waals surface area contributed by atoms with Gasteiger partial charge < -0.3 is 16.3 Å². The van der Waals surface area contributed by atoms with Crippen LogP contribution in [-0.2, 0) is 6.18 Å². The van der Waals surface area contributed by atoms with Gasteiger partial charge in [0.05, 0.1) is 16.8 Å². The number of amides is 2. The second kappa shape index (κ2) is 4.72. The van der Waals surface area contributed by atoms with Gasteiger partial charge in [0.2, 0.25) is 5.82 Å². The van der Waals surface area contributed by atoms with Gasteiger partial charge in [-0.1, -0.05) is 6.07 Å². The van der Waals surface area contributed by atoms with Crippen LogP contribution in [0.2, 0.25) is 0 Å². The molecule has 20 heavy (non-hydrogen) atoms. The first-order chi connectivity index (χ1) is 9.30. The Morgan fingerprint density at radius 1 is 1.40 bits per heavy atom. The van der Waals surface area contributed by atoms with Crippen molar-refractivity contribution in [2.24, 2.45) is 5.73 Å². The summed E-state index contributed by atoms with van der Waals surface area (Å²) >= 11 is 0. The molecule has 0 saturated heterocycles. The van der Waals surface area contributed by atoms with Gasteiger partial charge in [-0.15, -0.1) is 10.2 Å². The molecule has 4 N–H and O–H groups in total. The van der Waals surface area contributed by atoms with Gasteiger partial charge in [0.15, 0.2) is 6.33 Å². The summed E-state index contributed by atoms with van der Waals surface area (Å²) in [5, 5.41) is 18.2. The largest absolute Gasteiger partial charge is 0.425 e. The molecule has 2 aromatic rings. The molecule has 0 aliphatic heterocycles. The van der Waals surface area contributed by atoms with Gasteiger partial charge in [0.25, 0.3) is 0 Å². The fourth-order valence-electron chi connectivity index (χ4n) is 1.66. The lowest BCUT2D eigenvalue weighted by Crippen LogP contribution is -2.21. The number of nitrogens with two attached hydrogens (primary N) is 1. The molecular weight excluding hydrogens is 279 g/mol. The van der Waals surface area contributed by atoms with E-state index in [1.165, 1.54) is 6.07 Å². The van der Waals surface area contributed by atoms with E-state index < -0.39 is 29.2 Å². The number of carbonyl (C=O) groups is 1. The molecule has 0 radical (unpaired) electrons. The standard InChI is InChI=1S/C10H8F3N5O2/c11-10(12,13)5-2-1-3-6(16-9(14)19)7(5)8-17-15-4-18(8)20/h1-4,20H,(H3,14,16,19). The maximum Gasteiger partial charge on any atom is 0.417 e. The highest BCUT2D eigenvalue weighted by atomic mass is 19.4. The average Bonchev–Trinajstić information content (AvgIpc) is 2.73. The normalized spacial score (nSPS) is 11.3. The van der Waals surface area contributed by atoms with Crippen molar-refractivity contribution in [2.75, 3.05) is 5.32 Å². The van der Waals surface area contributed by atoms with Crippen LogP contribution in [0.25, 0.3) is 11.4 Å². The number of nitrogens with one attached hydrogen (secondary N) is 1. The highest BCUT2D eigenvalue weighted by Gasteiger charge is 2.36. The van der Waals surface area contributed by atoms with E-state index in [0.717, 1.165) is 18.5 Å². The number of alkyl halides is 3. The lowest BCUT2D eigenvalue weighted by molar-refractivity contribution is -0.137. The number of urea groups is 1. The molecule has 10 heteroatoms. The molecule has 0 bridgehead atoms. The minimum Gasteiger partial charge on any atom is -0.425 e. The molecule has 1 aromatic carbocycles. The molecule has 106 valence electrons. The van der Waals surface area contributed by atoms with E-state index in [4.69, 9.17) is 5.73 Å². The molecular formula is C10H8F3N5O2. The van der Waals surface area contributed by atoms with Gasteiger partial charge in [0, 0.05) is 0 Å². The van der Waals surface area contributed by atoms with Crippen LogP contribution < -0.4 is 11.1 Å². The van der Waals surface area contributed by atoms with Crippen LogP contribution in [0.3, 0.4) is 0 Å². The average molecular weight is 287 g/mol. The number of carbonyl (C=O) groups excluding carboxylic acids is 1. The summed E-state index contributed by atoms with van der Waals surface area (Å²) in [4.78, 5) is 10.9. The third kappa shape index (κ3) is 2.48. The van der Waals surface area contributed by atoms with Crippen LogP contribution in [0.5, 0.6) is 0 Å². The van der Waals surface area contributed by atoms with E-state index in [2.05, 4.69) is 10.2 Å². The molecule has 2 amide bonds. The Morgan fingerprint density at radius 2 is 2.10 bits per heavy atom. The van der Waals surface area contributed by atoms with Crippen molar-refractivity contribution in [1.82, 2.24) is 14.9 Å². The number of aromatic nitrogens is 3. The van der Waals surface area contributed by atoms with Crippen molar-refractivity contribution < 1.29 is 23.2 Å². The molecule has 0 spiro atoms. The van der Waals surface area contributed by atoms with Gasteiger partial charge in [-0.3, -0.25) is 0 Å². The number of hydrogen-bond acceptors (Lipinski definition) is 4. The predicted octanol–water partition coefficient (Wildman–Crippen LogP) is 1.69. The summed E-state index contributed by atoms with van der Waals surface area (Å²) in [5.74, 6) is -0.471. The molecule has 0 atom stereocenters. The topological polar surface area (TPSA) is 106 Å². The zero-order chi connectivity index (χ0) is 14.9. The molecule has 1 heterocycles. The summed E-state index contributed by atoms with van der Waals surface area (Å²) in [6, 6.07) is 2.03. The Kier molecular flexibility index (Phi) is 3.22. The smallest absolute Gasteiger partial charge is 0.417 e. The third-order valence-electron chi connectivity index (χ3n) is 2.38. The van der Waals surface area contributed by atoms with Gasteiger partial charge in [-0.25, -0.2) is 4.79 Å². The zero-order valence-corrected chi connectivity index (χ0v) is 9.72. The monoisotopic (exact) mass is 287 g/mol. The first-order valence-corrected chi connectivity index (χ1v) is 5.17. The van der Waals surface area contributed by atoms with E-state index in [0.29, 0.717) is 4.73 Å². The van der Waals surface area contributed by atoms with Crippen molar-refractivity contribution in [3.63, 3.8) is 0 Å². The van der Waals surface area contributed by atoms with Crippen LogP contribution in [0.15, 0.2) is 24.5 Å². The Labute approximate surface area is 109 Å². The lowest BCUT2D eigenvalue weighted by Gasteiger charge is -2.15. The Balaban J connectivity index is 2.72. The zero-order valence-electron chi connectivity index (χ0n) is 9.72. The molecule has 0 saturated carbocycles. The fourth-order valence-corrected chi connectivity index (χ4v) is 1.66. The summed E-state index contributed by atoms with van der Waals surface area (Å²) in [7, 11) is 0. The predicted molar refractivity (Wildman–Crippen MR) is 60.9 cm³/mol. The Hall–Kier alpha value is -2.78. The summed E-state index contributed by atoms with van der Waals surface area (Å²) in [6.07, 6.45) is -3.90. The van der Waals surface area contributed by atoms with Gasteiger partial charge >= 0.3 is 12.2 Å². The van der Waals surface area contributed by atoms with E-state index in [9.17, 15) is 23.2 Å². The maximum absolute atomic E-state index is 13.0. The highest BCUT2D eigenvalue weighted by Crippen LogP contribution is 2.40. The van der Waals surface area contributed by atoms with Crippen molar-refractivity contribution in [1.29, 1.82) is 0 Å². The molecule has 2 rings (SSSR count). The van der Waals surface area contributed by atoms with E-state index in [1.54, 1.807) is 0 Å². The first kappa shape index (κ1) is 13.6. The van der Waals surface area contributed by atoms with Crippen molar-refractivity contribution in [2.45, 2.75) is 6.18 Å². The van der Waals surface area contributed by atoms with Gasteiger partial charge in [-0.05, 0) is 12.1 Å². The van der Waals surface area contributed by atoms with Gasteiger partial charge in [0.1, 0.15) is 0 Å². The van der Waals surface area contributed by atoms with Crippen LogP contribution >= 0.6 is 0 Å². The van der Waals surface area contributed by atoms with E-state index in [-0.39, 0.29) is 5.69 Å². The number of nitrogens with zero attached hydrogens (tertiary/aromatic N) is 3. The maximum atomic E-state index is 13.0. The van der Waals surface area contributed by atoms with Crippen molar-refractivity contribution >= 4 is 11.7 Å². The minimum absolute atomic E-state index is 0.240. The van der Waals surface area contributed by atoms with Crippen LogP contribution in [0.4, 0.5) is 23.7 Å². The van der Waals surface area contributed by atoms with Crippen LogP contribution in [-0.4, -0.2) is 26.2 Å². The molecule has 7 nitrogen and oxygen atoms in total. The second-order valence-electron chi connectivity index (χ2n) is 3.71. The fraction of sp³-hybridized carbons (Fsp3) is 0.100. The molecule has 0 unspecified atom stereocenters. The third-order valence-corrected chi connectivity index (χ3v) is 2.38. The molecule has 0 fully saturated rings. The first-order valence-electron chi connectivity index (χ1n) is 5.17. The Morgan fingerprint density at radius 3 is 2.60 bits per heavy atom. The molecule has 0 aliphatic carbocycles. The van der Waals surface area contributed by atoms with E-state index >= 15 is 0 Å². The highest BCUT2D eigenvalue weighted by molar-refractivity contribution is 5.93. The number of halogens is 3. The minimum atomic E-state index is -4.71.